The van der Waals surface area contributed by atoms with Crippen LogP contribution < -0.4 is 10.6 Å². The van der Waals surface area contributed by atoms with Crippen LogP contribution >= 0.6 is 11.8 Å². The molecule has 2 aromatic rings. The highest BCUT2D eigenvalue weighted by atomic mass is 32.2. The topological polar surface area (TPSA) is 58.2 Å². The van der Waals surface area contributed by atoms with Gasteiger partial charge in [0, 0.05) is 16.1 Å². The van der Waals surface area contributed by atoms with E-state index in [1.807, 2.05) is 36.4 Å². The molecule has 0 spiro atoms. The van der Waals surface area contributed by atoms with Crippen LogP contribution in [0.15, 0.2) is 53.4 Å². The molecule has 4 aliphatic rings. The summed E-state index contributed by atoms with van der Waals surface area (Å²) in [5, 5.41) is 6.46. The minimum Gasteiger partial charge on any atom is -0.350 e. The van der Waals surface area contributed by atoms with Crippen LogP contribution in [0, 0.1) is 17.8 Å². The van der Waals surface area contributed by atoms with Crippen molar-refractivity contribution in [2.24, 2.45) is 17.8 Å². The third-order valence-corrected chi connectivity index (χ3v) is 9.36. The molecule has 1 atom stereocenters. The molecular formula is C29H36N2O2S. The molecule has 0 aromatic heterocycles. The minimum atomic E-state index is -0.138. The van der Waals surface area contributed by atoms with E-state index in [0.29, 0.717) is 17.2 Å². The van der Waals surface area contributed by atoms with Crippen LogP contribution in [0.1, 0.15) is 80.6 Å². The Labute approximate surface area is 207 Å². The second-order valence-corrected chi connectivity index (χ2v) is 11.9. The van der Waals surface area contributed by atoms with Crippen molar-refractivity contribution in [1.29, 1.82) is 0 Å². The maximum absolute atomic E-state index is 13.0. The molecule has 4 aliphatic carbocycles. The number of carbonyl (C=O) groups is 2. The van der Waals surface area contributed by atoms with Crippen molar-refractivity contribution in [3.63, 3.8) is 0 Å². The van der Waals surface area contributed by atoms with Gasteiger partial charge in [0.05, 0.1) is 11.3 Å². The summed E-state index contributed by atoms with van der Waals surface area (Å²) in [7, 11) is 0. The molecule has 4 nitrogen and oxygen atoms in total. The summed E-state index contributed by atoms with van der Waals surface area (Å²) >= 11 is 1.46. The van der Waals surface area contributed by atoms with Crippen molar-refractivity contribution in [2.45, 2.75) is 75.1 Å². The predicted octanol–water partition coefficient (Wildman–Crippen LogP) is 6.63. The Balaban J connectivity index is 1.19. The first-order valence-corrected chi connectivity index (χ1v) is 13.9. The van der Waals surface area contributed by atoms with E-state index < -0.39 is 0 Å². The van der Waals surface area contributed by atoms with E-state index in [9.17, 15) is 9.59 Å². The summed E-state index contributed by atoms with van der Waals surface area (Å²) in [5.74, 6) is 3.24. The fourth-order valence-corrected chi connectivity index (χ4v) is 7.70. The number of benzene rings is 2. The summed E-state index contributed by atoms with van der Waals surface area (Å²) < 4.78 is 0. The number of hydrogen-bond acceptors (Lipinski definition) is 3. The highest BCUT2D eigenvalue weighted by Gasteiger charge is 2.51. The highest BCUT2D eigenvalue weighted by Crippen LogP contribution is 2.55. The maximum Gasteiger partial charge on any atom is 0.256 e. The maximum atomic E-state index is 13.0. The zero-order chi connectivity index (χ0) is 23.7. The molecule has 2 amide bonds. The van der Waals surface area contributed by atoms with E-state index in [2.05, 4.69) is 36.6 Å². The van der Waals surface area contributed by atoms with Crippen molar-refractivity contribution in [3.8, 4) is 0 Å². The van der Waals surface area contributed by atoms with Gasteiger partial charge in [-0.2, -0.15) is 0 Å². The summed E-state index contributed by atoms with van der Waals surface area (Å²) in [4.78, 5) is 26.8. The number of nitrogens with one attached hydrogen (secondary N) is 2. The van der Waals surface area contributed by atoms with Crippen LogP contribution in [-0.4, -0.2) is 23.1 Å². The molecule has 4 bridgehead atoms. The normalized spacial score (nSPS) is 27.9. The Morgan fingerprint density at radius 2 is 1.59 bits per heavy atom. The van der Waals surface area contributed by atoms with Gasteiger partial charge in [0.25, 0.3) is 5.91 Å². The number of hydrogen-bond donors (Lipinski definition) is 2. The fourth-order valence-electron chi connectivity index (χ4n) is 6.85. The van der Waals surface area contributed by atoms with E-state index in [1.54, 1.807) is 0 Å². The molecule has 0 unspecified atom stereocenters. The first-order valence-electron chi connectivity index (χ1n) is 12.9. The lowest BCUT2D eigenvalue weighted by atomic mass is 9.53. The van der Waals surface area contributed by atoms with Crippen LogP contribution in [0.25, 0.3) is 0 Å². The molecule has 5 heteroatoms. The molecule has 34 heavy (non-hydrogen) atoms. The van der Waals surface area contributed by atoms with Gasteiger partial charge in [0.2, 0.25) is 5.91 Å². The zero-order valence-electron chi connectivity index (χ0n) is 20.3. The third kappa shape index (κ3) is 5.05. The van der Waals surface area contributed by atoms with Gasteiger partial charge >= 0.3 is 0 Å². The van der Waals surface area contributed by atoms with E-state index in [-0.39, 0.29) is 17.4 Å². The average Bonchev–Trinajstić information content (AvgIpc) is 2.81. The smallest absolute Gasteiger partial charge is 0.256 e. The van der Waals surface area contributed by atoms with Crippen molar-refractivity contribution in [3.05, 3.63) is 59.7 Å². The van der Waals surface area contributed by atoms with Gasteiger partial charge in [-0.15, -0.1) is 11.8 Å². The van der Waals surface area contributed by atoms with E-state index in [1.165, 1.54) is 36.6 Å². The Morgan fingerprint density at radius 1 is 0.971 bits per heavy atom. The first kappa shape index (κ1) is 23.5. The average molecular weight is 477 g/mol. The molecule has 0 saturated heterocycles. The van der Waals surface area contributed by atoms with Crippen LogP contribution in [0.3, 0.4) is 0 Å². The third-order valence-electron chi connectivity index (χ3n) is 8.28. The monoisotopic (exact) mass is 476 g/mol. The summed E-state index contributed by atoms with van der Waals surface area (Å²) in [6.07, 6.45) is 8.66. The molecule has 4 saturated carbocycles. The van der Waals surface area contributed by atoms with Gasteiger partial charge in [0.15, 0.2) is 0 Å². The molecule has 2 aromatic carbocycles. The van der Waals surface area contributed by atoms with E-state index >= 15 is 0 Å². The number of rotatable bonds is 8. The van der Waals surface area contributed by atoms with Gasteiger partial charge in [-0.1, -0.05) is 38.1 Å². The summed E-state index contributed by atoms with van der Waals surface area (Å²) in [5.41, 5.74) is 2.71. The van der Waals surface area contributed by atoms with Crippen LogP contribution in [0.5, 0.6) is 0 Å². The van der Waals surface area contributed by atoms with Crippen LogP contribution in [-0.2, 0) is 4.79 Å². The predicted molar refractivity (Wildman–Crippen MR) is 139 cm³/mol. The van der Waals surface area contributed by atoms with Crippen molar-refractivity contribution in [1.82, 2.24) is 5.32 Å². The lowest BCUT2D eigenvalue weighted by molar-refractivity contribution is -0.124. The summed E-state index contributed by atoms with van der Waals surface area (Å²) in [6.45, 7) is 4.39. The van der Waals surface area contributed by atoms with Crippen LogP contribution in [0.4, 0.5) is 5.69 Å². The molecular weight excluding hydrogens is 440 g/mol. The van der Waals surface area contributed by atoms with Gasteiger partial charge in [-0.3, -0.25) is 9.59 Å². The number of anilines is 1. The Morgan fingerprint density at radius 3 is 2.21 bits per heavy atom. The molecule has 180 valence electrons. The molecule has 6 rings (SSSR count). The number of carbonyl (C=O) groups excluding carboxylic acids is 2. The molecule has 0 radical (unpaired) electrons. The first-order chi connectivity index (χ1) is 16.4. The van der Waals surface area contributed by atoms with Crippen LogP contribution in [0.2, 0.25) is 0 Å². The molecule has 2 N–H and O–H groups in total. The van der Waals surface area contributed by atoms with Gasteiger partial charge in [-0.25, -0.2) is 0 Å². The Bertz CT molecular complexity index is 1010. The number of amides is 2. The fraction of sp³-hybridized carbons (Fsp3) is 0.517. The second-order valence-electron chi connectivity index (χ2n) is 10.9. The zero-order valence-corrected chi connectivity index (χ0v) is 21.1. The number of thioether (sulfide) groups is 1. The van der Waals surface area contributed by atoms with Gasteiger partial charge in [-0.05, 0) is 98.4 Å². The van der Waals surface area contributed by atoms with Crippen molar-refractivity contribution >= 4 is 29.3 Å². The highest BCUT2D eigenvalue weighted by molar-refractivity contribution is 8.00. The van der Waals surface area contributed by atoms with Gasteiger partial charge in [0.1, 0.15) is 0 Å². The van der Waals surface area contributed by atoms with Crippen molar-refractivity contribution in [2.75, 3.05) is 11.1 Å². The van der Waals surface area contributed by atoms with Gasteiger partial charge < -0.3 is 10.6 Å². The molecule has 0 aliphatic heterocycles. The van der Waals surface area contributed by atoms with Crippen molar-refractivity contribution < 1.29 is 9.59 Å². The van der Waals surface area contributed by atoms with E-state index in [0.717, 1.165) is 54.0 Å². The lowest BCUT2D eigenvalue weighted by Crippen LogP contribution is -2.60. The Hall–Kier alpha value is -2.27. The Kier molecular flexibility index (Phi) is 6.74. The largest absolute Gasteiger partial charge is 0.350 e. The summed E-state index contributed by atoms with van der Waals surface area (Å²) in [6, 6.07) is 15.7. The van der Waals surface area contributed by atoms with E-state index in [4.69, 9.17) is 0 Å². The SMILES string of the molecule is CC[C@@H](C)c1ccc(NC(=O)c2ccccc2SCC(=O)NC23CC4CC(CC(C4)C2)C3)cc1. The second kappa shape index (κ2) is 9.77. The molecule has 0 heterocycles. The minimum absolute atomic E-state index is 0.0325. The quantitative estimate of drug-likeness (QED) is 0.421. The lowest BCUT2D eigenvalue weighted by Gasteiger charge is -2.56. The standard InChI is InChI=1S/C29H36N2O2S/c1-3-19(2)23-8-10-24(11-9-23)30-28(33)25-6-4-5-7-26(25)34-18-27(32)31-29-15-20-12-21(16-29)14-22(13-20)17-29/h4-11,19-22H,3,12-18H2,1-2H3,(H,30,33)(H,31,32)/t19-,20?,21?,22?,29?/m1/s1. The molecule has 4 fully saturated rings.